The molecule has 0 heterocycles. The van der Waals surface area contributed by atoms with Gasteiger partial charge in [-0.2, -0.15) is 0 Å². The number of fused-ring (bicyclic) bond motifs is 2. The molecule has 0 saturated carbocycles. The Morgan fingerprint density at radius 3 is 1.39 bits per heavy atom. The van der Waals surface area contributed by atoms with Crippen molar-refractivity contribution in [2.75, 3.05) is 0 Å². The van der Waals surface area contributed by atoms with E-state index in [1.165, 1.54) is 38.9 Å². The molecule has 2 aliphatic rings. The summed E-state index contributed by atoms with van der Waals surface area (Å²) in [5.41, 5.74) is 16.9. The minimum absolute atomic E-state index is 0.00859. The van der Waals surface area contributed by atoms with E-state index in [0.717, 1.165) is 5.56 Å². The van der Waals surface area contributed by atoms with Crippen LogP contribution in [-0.4, -0.2) is 8.31 Å². The van der Waals surface area contributed by atoms with Crippen molar-refractivity contribution < 1.29 is 26.4 Å². The zero-order valence-electron chi connectivity index (χ0n) is 32.2. The van der Waals surface area contributed by atoms with Crippen LogP contribution in [0.15, 0.2) is 126 Å². The second kappa shape index (κ2) is 14.6. The summed E-state index contributed by atoms with van der Waals surface area (Å²) in [6, 6.07) is 41.7. The molecule has 0 aromatic heterocycles. The summed E-state index contributed by atoms with van der Waals surface area (Å²) in [6.07, 6.45) is 5.00. The quantitative estimate of drug-likeness (QED) is 0.194. The molecule has 0 amide bonds. The van der Waals surface area contributed by atoms with Gasteiger partial charge in [0, 0.05) is 0 Å². The normalized spacial score (nSPS) is 16.4. The fourth-order valence-electron chi connectivity index (χ4n) is 8.02. The van der Waals surface area contributed by atoms with Crippen LogP contribution in [0.4, 0.5) is 0 Å². The van der Waals surface area contributed by atoms with E-state index in [4.69, 9.17) is 0 Å². The second-order valence-electron chi connectivity index (χ2n) is 16.7. The number of aromatic hydroxyl groups is 1. The Labute approximate surface area is 315 Å². The average Bonchev–Trinajstić information content (AvgIpc) is 3.60. The van der Waals surface area contributed by atoms with E-state index < -0.39 is 21.3 Å². The van der Waals surface area contributed by atoms with Crippen molar-refractivity contribution in [2.45, 2.75) is 87.3 Å². The molecule has 0 spiro atoms. The first-order chi connectivity index (χ1) is 24.2. The second-order valence-corrected chi connectivity index (χ2v) is 24.2. The maximum absolute atomic E-state index is 9.84. The Hall–Kier alpha value is -3.87. The Morgan fingerprint density at radius 2 is 1.00 bits per heavy atom. The third kappa shape index (κ3) is 7.54. The first kappa shape index (κ1) is 36.9. The van der Waals surface area contributed by atoms with E-state index >= 15 is 0 Å². The molecule has 0 bridgehead atoms. The van der Waals surface area contributed by atoms with Gasteiger partial charge in [-0.05, 0) is 28.0 Å². The molecule has 51 heavy (non-hydrogen) atoms. The van der Waals surface area contributed by atoms with Gasteiger partial charge in [0.15, 0.2) is 0 Å². The number of hydrogen-bond acceptors (Lipinski definition) is 1. The van der Waals surface area contributed by atoms with Gasteiger partial charge < -0.3 is 5.11 Å². The van der Waals surface area contributed by atoms with Crippen LogP contribution in [0.2, 0.25) is 0 Å². The van der Waals surface area contributed by atoms with E-state index in [2.05, 4.69) is 185 Å². The maximum atomic E-state index is 9.84. The molecule has 5 aromatic carbocycles. The summed E-state index contributed by atoms with van der Waals surface area (Å²) in [6.45, 7) is 22.5. The van der Waals surface area contributed by atoms with E-state index in [1.807, 2.05) is 6.07 Å². The van der Waals surface area contributed by atoms with Crippen molar-refractivity contribution in [2.24, 2.45) is 0 Å². The van der Waals surface area contributed by atoms with Crippen molar-refractivity contribution in [1.82, 2.24) is 0 Å². The number of phenolic OH excluding ortho intramolecular Hbond substituents is 1. The number of hydrogen-bond donors (Lipinski definition) is 1. The van der Waals surface area contributed by atoms with Crippen molar-refractivity contribution in [1.29, 1.82) is 0 Å². The monoisotopic (exact) mass is 748 g/mol. The van der Waals surface area contributed by atoms with Gasteiger partial charge in [0.2, 0.25) is 0 Å². The van der Waals surface area contributed by atoms with Gasteiger partial charge in [0.1, 0.15) is 5.75 Å². The Kier molecular flexibility index (Phi) is 10.6. The molecule has 1 N–H and O–H groups in total. The summed E-state index contributed by atoms with van der Waals surface area (Å²) >= 11 is -2.23. The molecule has 1 nitrogen and oxygen atoms in total. The van der Waals surface area contributed by atoms with Crippen LogP contribution in [0.5, 0.6) is 5.75 Å². The average molecular weight is 750 g/mol. The van der Waals surface area contributed by atoms with E-state index in [9.17, 15) is 5.11 Å². The predicted molar refractivity (Wildman–Crippen MR) is 218 cm³/mol. The van der Waals surface area contributed by atoms with E-state index in [-0.39, 0.29) is 10.8 Å². The standard InChI is InChI=1S/2C16H13.C14H22O.C3H6.Zr/c2*1-12-10-14-8-5-9-15(16(14)11-12)13-6-3-2-4-7-13;1-13(2,3)10-7-8-12(15)11(9-10)14(4,5)6;1-3-2;/h2*2-11H,1H3;7-9,15H,1-6H3;1-2H3;. The molecule has 7 rings (SSSR count). The topological polar surface area (TPSA) is 20.2 Å². The molecule has 2 atom stereocenters. The summed E-state index contributed by atoms with van der Waals surface area (Å²) in [4.78, 5) is 0. The van der Waals surface area contributed by atoms with Crippen LogP contribution in [0.3, 0.4) is 0 Å². The van der Waals surface area contributed by atoms with Crippen LogP contribution in [0.1, 0.15) is 110 Å². The Morgan fingerprint density at radius 1 is 0.549 bits per heavy atom. The van der Waals surface area contributed by atoms with Crippen molar-refractivity contribution in [3.05, 3.63) is 160 Å². The molecule has 2 aliphatic carbocycles. The predicted octanol–water partition coefficient (Wildman–Crippen LogP) is 13.5. The molecular formula is C49H54OZr. The first-order valence-electron chi connectivity index (χ1n) is 18.4. The Bertz CT molecular complexity index is 2030. The summed E-state index contributed by atoms with van der Waals surface area (Å²) < 4.78 is 2.86. The van der Waals surface area contributed by atoms with Crippen LogP contribution in [0, 0.1) is 0 Å². The van der Waals surface area contributed by atoms with Gasteiger partial charge >= 0.3 is 224 Å². The van der Waals surface area contributed by atoms with E-state index in [1.54, 1.807) is 31.5 Å². The van der Waals surface area contributed by atoms with Gasteiger partial charge in [-0.25, -0.2) is 0 Å². The fraction of sp³-hybridized carbons (Fsp3) is 0.286. The summed E-state index contributed by atoms with van der Waals surface area (Å²) in [5.74, 6) is 0.399. The zero-order valence-corrected chi connectivity index (χ0v) is 34.7. The van der Waals surface area contributed by atoms with Gasteiger partial charge in [0.05, 0.1) is 0 Å². The SMILES string of the molecule is CC(C)(C)c1ccc(O)c(C(C)(C)C)c1.CC1=Cc2c(-c3ccccc3)cccc2[CH]1[Zr](=[C](C)C)[CH]1C(C)=Cc2c(-c3ccccc3)cccc21. The number of benzene rings is 5. The summed E-state index contributed by atoms with van der Waals surface area (Å²) in [5, 5.41) is 9.84. The third-order valence-corrected chi connectivity index (χ3v) is 20.3. The zero-order chi connectivity index (χ0) is 36.7. The molecule has 5 aromatic rings. The van der Waals surface area contributed by atoms with Crippen molar-refractivity contribution >= 4 is 15.4 Å². The van der Waals surface area contributed by atoms with E-state index in [0.29, 0.717) is 13.0 Å². The van der Waals surface area contributed by atoms with Gasteiger partial charge in [-0.1, -0.05) is 53.7 Å². The molecule has 0 aliphatic heterocycles. The van der Waals surface area contributed by atoms with Crippen LogP contribution >= 0.6 is 0 Å². The molecular weight excluding hydrogens is 696 g/mol. The molecule has 0 saturated heterocycles. The third-order valence-electron chi connectivity index (χ3n) is 10.6. The van der Waals surface area contributed by atoms with Crippen molar-refractivity contribution in [3.63, 3.8) is 0 Å². The molecule has 0 fully saturated rings. The van der Waals surface area contributed by atoms with Crippen LogP contribution in [-0.2, 0) is 32.1 Å². The first-order valence-corrected chi connectivity index (χ1v) is 22.5. The summed E-state index contributed by atoms with van der Waals surface area (Å²) in [7, 11) is 0. The number of rotatable bonds is 4. The number of allylic oxidation sites excluding steroid dienone is 2. The van der Waals surface area contributed by atoms with Crippen LogP contribution < -0.4 is 0 Å². The molecule has 2 unspecified atom stereocenters. The number of phenols is 1. The van der Waals surface area contributed by atoms with Gasteiger partial charge in [-0.3, -0.25) is 0 Å². The van der Waals surface area contributed by atoms with Crippen LogP contribution in [0.25, 0.3) is 34.4 Å². The molecule has 260 valence electrons. The minimum atomic E-state index is -2.23. The fourth-order valence-corrected chi connectivity index (χ4v) is 17.4. The van der Waals surface area contributed by atoms with Crippen molar-refractivity contribution in [3.8, 4) is 28.0 Å². The molecule has 0 radical (unpaired) electrons. The van der Waals surface area contributed by atoms with Gasteiger partial charge in [-0.15, -0.1) is 0 Å². The van der Waals surface area contributed by atoms with Gasteiger partial charge in [0.25, 0.3) is 0 Å². The molecule has 2 heteroatoms. The Balaban J connectivity index is 0.000000252.